The third kappa shape index (κ3) is 1.95. The van der Waals surface area contributed by atoms with Gasteiger partial charge in [-0.15, -0.1) is 0 Å². The molecule has 0 aliphatic carbocycles. The van der Waals surface area contributed by atoms with Crippen molar-refractivity contribution in [1.29, 1.82) is 0 Å². The SMILES string of the molecule is CC1CC(C)(C)N[CH]O1. The summed E-state index contributed by atoms with van der Waals surface area (Å²) >= 11 is 0. The van der Waals surface area contributed by atoms with Crippen LogP contribution >= 0.6 is 0 Å². The molecule has 1 aliphatic rings. The largest absolute Gasteiger partial charge is 0.356 e. The van der Waals surface area contributed by atoms with Crippen LogP contribution in [-0.2, 0) is 4.74 Å². The molecule has 0 amide bonds. The van der Waals surface area contributed by atoms with Crippen LogP contribution in [0, 0.1) is 6.73 Å². The minimum atomic E-state index is 0.220. The van der Waals surface area contributed by atoms with Gasteiger partial charge in [-0.1, -0.05) is 0 Å². The van der Waals surface area contributed by atoms with Crippen molar-refractivity contribution >= 4 is 0 Å². The van der Waals surface area contributed by atoms with Crippen LogP contribution in [0.3, 0.4) is 0 Å². The van der Waals surface area contributed by atoms with Gasteiger partial charge in [0.25, 0.3) is 0 Å². The average molecular weight is 128 g/mol. The predicted molar refractivity (Wildman–Crippen MR) is 36.7 cm³/mol. The predicted octanol–water partition coefficient (Wildman–Crippen LogP) is 1.28. The first-order valence-electron chi connectivity index (χ1n) is 3.35. The lowest BCUT2D eigenvalue weighted by atomic mass is 9.97. The van der Waals surface area contributed by atoms with Crippen molar-refractivity contribution in [2.75, 3.05) is 0 Å². The lowest BCUT2D eigenvalue weighted by Crippen LogP contribution is -2.45. The zero-order valence-corrected chi connectivity index (χ0v) is 6.27. The molecule has 1 radical (unpaired) electrons. The van der Waals surface area contributed by atoms with Gasteiger partial charge in [0.2, 0.25) is 0 Å². The topological polar surface area (TPSA) is 21.3 Å². The van der Waals surface area contributed by atoms with E-state index in [1.54, 1.807) is 6.73 Å². The Balaban J connectivity index is 2.41. The number of rotatable bonds is 0. The smallest absolute Gasteiger partial charge is 0.148 e. The van der Waals surface area contributed by atoms with E-state index in [2.05, 4.69) is 26.1 Å². The normalized spacial score (nSPS) is 34.3. The molecular weight excluding hydrogens is 114 g/mol. The highest BCUT2D eigenvalue weighted by atomic mass is 16.5. The molecule has 2 heteroatoms. The lowest BCUT2D eigenvalue weighted by Gasteiger charge is -2.34. The summed E-state index contributed by atoms with van der Waals surface area (Å²) < 4.78 is 5.18. The summed E-state index contributed by atoms with van der Waals surface area (Å²) in [4.78, 5) is 0. The van der Waals surface area contributed by atoms with Gasteiger partial charge in [-0.2, -0.15) is 0 Å². The van der Waals surface area contributed by atoms with Gasteiger partial charge in [-0.3, -0.25) is 5.32 Å². The van der Waals surface area contributed by atoms with E-state index >= 15 is 0 Å². The molecule has 1 fully saturated rings. The van der Waals surface area contributed by atoms with Crippen LogP contribution in [0.25, 0.3) is 0 Å². The van der Waals surface area contributed by atoms with Crippen molar-refractivity contribution in [3.05, 3.63) is 6.73 Å². The molecule has 9 heavy (non-hydrogen) atoms. The second kappa shape index (κ2) is 2.27. The molecule has 1 heterocycles. The van der Waals surface area contributed by atoms with E-state index in [4.69, 9.17) is 4.74 Å². The molecule has 53 valence electrons. The van der Waals surface area contributed by atoms with E-state index in [-0.39, 0.29) is 5.54 Å². The van der Waals surface area contributed by atoms with Crippen LogP contribution in [0.1, 0.15) is 27.2 Å². The van der Waals surface area contributed by atoms with Crippen LogP contribution in [0.15, 0.2) is 0 Å². The zero-order valence-electron chi connectivity index (χ0n) is 6.27. The van der Waals surface area contributed by atoms with Gasteiger partial charge in [0.1, 0.15) is 6.73 Å². The second-order valence-corrected chi connectivity index (χ2v) is 3.30. The molecular formula is C7H14NO. The van der Waals surface area contributed by atoms with Crippen molar-refractivity contribution in [3.63, 3.8) is 0 Å². The summed E-state index contributed by atoms with van der Waals surface area (Å²) in [5.74, 6) is 0. The summed E-state index contributed by atoms with van der Waals surface area (Å²) in [7, 11) is 0. The van der Waals surface area contributed by atoms with Gasteiger partial charge >= 0.3 is 0 Å². The summed E-state index contributed by atoms with van der Waals surface area (Å²) in [6.07, 6.45) is 1.44. The minimum absolute atomic E-state index is 0.220. The fourth-order valence-corrected chi connectivity index (χ4v) is 1.14. The Hall–Kier alpha value is -0.0800. The molecule has 0 saturated carbocycles. The van der Waals surface area contributed by atoms with Crippen molar-refractivity contribution in [1.82, 2.24) is 5.32 Å². The first-order valence-corrected chi connectivity index (χ1v) is 3.35. The maximum Gasteiger partial charge on any atom is 0.148 e. The van der Waals surface area contributed by atoms with Gasteiger partial charge in [0.15, 0.2) is 0 Å². The van der Waals surface area contributed by atoms with Gasteiger partial charge in [-0.05, 0) is 27.2 Å². The maximum absolute atomic E-state index is 5.18. The summed E-state index contributed by atoms with van der Waals surface area (Å²) in [6, 6.07) is 0. The Morgan fingerprint density at radius 1 is 1.67 bits per heavy atom. The van der Waals surface area contributed by atoms with Gasteiger partial charge in [0.05, 0.1) is 6.10 Å². The molecule has 0 aromatic carbocycles. The Labute approximate surface area is 56.6 Å². The molecule has 0 bridgehead atoms. The summed E-state index contributed by atoms with van der Waals surface area (Å²) in [6.45, 7) is 8.11. The van der Waals surface area contributed by atoms with E-state index in [0.29, 0.717) is 6.10 Å². The molecule has 1 N–H and O–H groups in total. The number of ether oxygens (including phenoxy) is 1. The molecule has 0 aromatic rings. The van der Waals surface area contributed by atoms with E-state index < -0.39 is 0 Å². The van der Waals surface area contributed by atoms with Crippen LogP contribution in [-0.4, -0.2) is 11.6 Å². The van der Waals surface area contributed by atoms with Crippen LogP contribution < -0.4 is 5.32 Å². The number of hydrogen-bond acceptors (Lipinski definition) is 2. The number of nitrogens with one attached hydrogen (secondary N) is 1. The minimum Gasteiger partial charge on any atom is -0.356 e. The molecule has 2 nitrogen and oxygen atoms in total. The molecule has 1 saturated heterocycles. The van der Waals surface area contributed by atoms with E-state index in [0.717, 1.165) is 6.42 Å². The van der Waals surface area contributed by atoms with Crippen molar-refractivity contribution in [2.45, 2.75) is 38.8 Å². The fourth-order valence-electron chi connectivity index (χ4n) is 1.14. The van der Waals surface area contributed by atoms with Crippen molar-refractivity contribution in [2.24, 2.45) is 0 Å². The molecule has 0 aromatic heterocycles. The zero-order chi connectivity index (χ0) is 6.91. The Morgan fingerprint density at radius 3 is 2.67 bits per heavy atom. The molecule has 1 unspecified atom stereocenters. The third-order valence-corrected chi connectivity index (χ3v) is 1.55. The van der Waals surface area contributed by atoms with E-state index in [9.17, 15) is 0 Å². The van der Waals surface area contributed by atoms with Gasteiger partial charge in [-0.25, -0.2) is 0 Å². The second-order valence-electron chi connectivity index (χ2n) is 3.30. The highest BCUT2D eigenvalue weighted by Gasteiger charge is 2.25. The maximum atomic E-state index is 5.18. The van der Waals surface area contributed by atoms with Crippen LogP contribution in [0.4, 0.5) is 0 Å². The quantitative estimate of drug-likeness (QED) is 0.530. The standard InChI is InChI=1S/C7H14NO/c1-6-4-7(2,3)8-5-9-6/h5-6,8H,4H2,1-3H3. The number of hydrogen-bond donors (Lipinski definition) is 1. The van der Waals surface area contributed by atoms with Gasteiger partial charge in [0, 0.05) is 5.54 Å². The summed E-state index contributed by atoms with van der Waals surface area (Å²) in [5.41, 5.74) is 0.220. The van der Waals surface area contributed by atoms with Crippen LogP contribution in [0.2, 0.25) is 0 Å². The highest BCUT2D eigenvalue weighted by Crippen LogP contribution is 2.18. The molecule has 1 atom stereocenters. The van der Waals surface area contributed by atoms with Crippen LogP contribution in [0.5, 0.6) is 0 Å². The third-order valence-electron chi connectivity index (χ3n) is 1.55. The first-order chi connectivity index (χ1) is 4.10. The van der Waals surface area contributed by atoms with E-state index in [1.807, 2.05) is 0 Å². The lowest BCUT2D eigenvalue weighted by molar-refractivity contribution is 0.0271. The average Bonchev–Trinajstić information content (AvgIpc) is 1.60. The van der Waals surface area contributed by atoms with E-state index in [1.165, 1.54) is 0 Å². The van der Waals surface area contributed by atoms with Crippen molar-refractivity contribution < 1.29 is 4.74 Å². The Morgan fingerprint density at radius 2 is 2.33 bits per heavy atom. The summed E-state index contributed by atoms with van der Waals surface area (Å²) in [5, 5.41) is 3.14. The first kappa shape index (κ1) is 7.03. The fraction of sp³-hybridized carbons (Fsp3) is 0.857. The monoisotopic (exact) mass is 128 g/mol. The molecule has 1 aliphatic heterocycles. The molecule has 1 rings (SSSR count). The Bertz CT molecular complexity index is 101. The highest BCUT2D eigenvalue weighted by molar-refractivity contribution is 4.85. The molecule has 0 spiro atoms. The Kier molecular flexibility index (Phi) is 1.78. The van der Waals surface area contributed by atoms with Gasteiger partial charge < -0.3 is 4.74 Å². The van der Waals surface area contributed by atoms with Crippen molar-refractivity contribution in [3.8, 4) is 0 Å².